The van der Waals surface area contributed by atoms with Crippen molar-refractivity contribution in [1.29, 1.82) is 0 Å². The Balaban J connectivity index is 2.02. The van der Waals surface area contributed by atoms with Gasteiger partial charge in [0.2, 0.25) is 0 Å². The van der Waals surface area contributed by atoms with Crippen LogP contribution in [0.2, 0.25) is 5.02 Å². The Bertz CT molecular complexity index is 636. The molecule has 0 aliphatic carbocycles. The van der Waals surface area contributed by atoms with Gasteiger partial charge in [-0.1, -0.05) is 49.7 Å². The van der Waals surface area contributed by atoms with Crippen LogP contribution in [0.15, 0.2) is 48.5 Å². The molecule has 0 unspecified atom stereocenters. The molecule has 0 spiro atoms. The van der Waals surface area contributed by atoms with Crippen molar-refractivity contribution >= 4 is 17.5 Å². The van der Waals surface area contributed by atoms with Crippen molar-refractivity contribution in [3.8, 4) is 0 Å². The van der Waals surface area contributed by atoms with E-state index in [4.69, 9.17) is 11.6 Å². The summed E-state index contributed by atoms with van der Waals surface area (Å²) in [6.07, 6.45) is 0. The molecule has 0 saturated heterocycles. The highest BCUT2D eigenvalue weighted by Crippen LogP contribution is 2.13. The second kappa shape index (κ2) is 8.70. The summed E-state index contributed by atoms with van der Waals surface area (Å²) in [5, 5.41) is 3.61. The zero-order valence-corrected chi connectivity index (χ0v) is 14.4. The summed E-state index contributed by atoms with van der Waals surface area (Å²) >= 11 is 5.85. The fourth-order valence-electron chi connectivity index (χ4n) is 2.45. The SMILES string of the molecule is CCN(CC)Cc1ccccc1CNC(=O)c1ccc(Cl)cc1. The van der Waals surface area contributed by atoms with Crippen molar-refractivity contribution in [3.05, 3.63) is 70.2 Å². The van der Waals surface area contributed by atoms with E-state index in [1.165, 1.54) is 5.56 Å². The summed E-state index contributed by atoms with van der Waals surface area (Å²) in [5.41, 5.74) is 3.03. The Labute approximate surface area is 143 Å². The molecule has 0 aromatic heterocycles. The molecule has 2 aromatic carbocycles. The van der Waals surface area contributed by atoms with Crippen LogP contribution < -0.4 is 5.32 Å². The maximum atomic E-state index is 12.2. The molecule has 4 heteroatoms. The van der Waals surface area contributed by atoms with Gasteiger partial charge in [-0.3, -0.25) is 9.69 Å². The molecule has 122 valence electrons. The Morgan fingerprint density at radius 3 is 2.22 bits per heavy atom. The first-order valence-corrected chi connectivity index (χ1v) is 8.34. The number of nitrogens with zero attached hydrogens (tertiary/aromatic N) is 1. The molecule has 0 aliphatic rings. The van der Waals surface area contributed by atoms with Gasteiger partial charge < -0.3 is 5.32 Å². The van der Waals surface area contributed by atoms with E-state index in [0.29, 0.717) is 17.1 Å². The van der Waals surface area contributed by atoms with Gasteiger partial charge in [-0.2, -0.15) is 0 Å². The summed E-state index contributed by atoms with van der Waals surface area (Å²) < 4.78 is 0. The predicted octanol–water partition coefficient (Wildman–Crippen LogP) is 4.11. The molecule has 0 fully saturated rings. The van der Waals surface area contributed by atoms with E-state index in [1.807, 2.05) is 12.1 Å². The highest BCUT2D eigenvalue weighted by molar-refractivity contribution is 6.30. The number of nitrogens with one attached hydrogen (secondary N) is 1. The quantitative estimate of drug-likeness (QED) is 0.828. The molecule has 3 nitrogen and oxygen atoms in total. The summed E-state index contributed by atoms with van der Waals surface area (Å²) in [7, 11) is 0. The number of amides is 1. The van der Waals surface area contributed by atoms with Crippen molar-refractivity contribution in [3.63, 3.8) is 0 Å². The molecule has 0 aliphatic heterocycles. The lowest BCUT2D eigenvalue weighted by atomic mass is 10.1. The monoisotopic (exact) mass is 330 g/mol. The summed E-state index contributed by atoms with van der Waals surface area (Å²) in [4.78, 5) is 14.6. The van der Waals surface area contributed by atoms with Crippen molar-refractivity contribution in [2.24, 2.45) is 0 Å². The van der Waals surface area contributed by atoms with Crippen molar-refractivity contribution < 1.29 is 4.79 Å². The van der Waals surface area contributed by atoms with Crippen molar-refractivity contribution in [1.82, 2.24) is 10.2 Å². The minimum atomic E-state index is -0.0840. The van der Waals surface area contributed by atoms with E-state index >= 15 is 0 Å². The first kappa shape index (κ1) is 17.5. The van der Waals surface area contributed by atoms with Crippen LogP contribution in [0.25, 0.3) is 0 Å². The van der Waals surface area contributed by atoms with Gasteiger partial charge in [0, 0.05) is 23.7 Å². The number of hydrogen-bond donors (Lipinski definition) is 1. The third-order valence-corrected chi connectivity index (χ3v) is 4.20. The number of halogens is 1. The first-order chi connectivity index (χ1) is 11.1. The smallest absolute Gasteiger partial charge is 0.251 e. The molecule has 1 amide bonds. The van der Waals surface area contributed by atoms with Gasteiger partial charge >= 0.3 is 0 Å². The molecular weight excluding hydrogens is 308 g/mol. The van der Waals surface area contributed by atoms with Crippen LogP contribution in [-0.2, 0) is 13.1 Å². The largest absolute Gasteiger partial charge is 0.348 e. The van der Waals surface area contributed by atoms with Gasteiger partial charge in [0.1, 0.15) is 0 Å². The fraction of sp³-hybridized carbons (Fsp3) is 0.316. The van der Waals surface area contributed by atoms with Crippen LogP contribution in [0.4, 0.5) is 0 Å². The van der Waals surface area contributed by atoms with Gasteiger partial charge in [0.15, 0.2) is 0 Å². The van der Waals surface area contributed by atoms with Gasteiger partial charge in [-0.25, -0.2) is 0 Å². The Kier molecular flexibility index (Phi) is 6.63. The molecule has 0 saturated carbocycles. The number of rotatable bonds is 7. The normalized spacial score (nSPS) is 10.8. The molecule has 23 heavy (non-hydrogen) atoms. The van der Waals surface area contributed by atoms with Crippen LogP contribution in [0, 0.1) is 0 Å². The lowest BCUT2D eigenvalue weighted by Gasteiger charge is -2.20. The van der Waals surface area contributed by atoms with E-state index in [9.17, 15) is 4.79 Å². The van der Waals surface area contributed by atoms with E-state index < -0.39 is 0 Å². The van der Waals surface area contributed by atoms with E-state index in [-0.39, 0.29) is 5.91 Å². The maximum absolute atomic E-state index is 12.2. The second-order valence-corrected chi connectivity index (χ2v) is 5.86. The van der Waals surface area contributed by atoms with Gasteiger partial charge in [-0.15, -0.1) is 0 Å². The van der Waals surface area contributed by atoms with Gasteiger partial charge in [-0.05, 0) is 48.5 Å². The zero-order valence-electron chi connectivity index (χ0n) is 13.7. The topological polar surface area (TPSA) is 32.3 Å². The molecule has 2 aromatic rings. The van der Waals surface area contributed by atoms with E-state index in [2.05, 4.69) is 36.2 Å². The van der Waals surface area contributed by atoms with Crippen LogP contribution >= 0.6 is 11.6 Å². The minimum absolute atomic E-state index is 0.0840. The van der Waals surface area contributed by atoms with E-state index in [0.717, 1.165) is 25.2 Å². The van der Waals surface area contributed by atoms with Crippen molar-refractivity contribution in [2.75, 3.05) is 13.1 Å². The maximum Gasteiger partial charge on any atom is 0.251 e. The fourth-order valence-corrected chi connectivity index (χ4v) is 2.58. The molecule has 2 rings (SSSR count). The molecule has 1 N–H and O–H groups in total. The van der Waals surface area contributed by atoms with Crippen LogP contribution in [-0.4, -0.2) is 23.9 Å². The first-order valence-electron chi connectivity index (χ1n) is 7.97. The number of carbonyl (C=O) groups is 1. The number of hydrogen-bond acceptors (Lipinski definition) is 2. The average molecular weight is 331 g/mol. The van der Waals surface area contributed by atoms with Gasteiger partial charge in [0.25, 0.3) is 5.91 Å². The Morgan fingerprint density at radius 2 is 1.61 bits per heavy atom. The third kappa shape index (κ3) is 5.08. The Morgan fingerprint density at radius 1 is 1.00 bits per heavy atom. The van der Waals surface area contributed by atoms with E-state index in [1.54, 1.807) is 24.3 Å². The van der Waals surface area contributed by atoms with Crippen molar-refractivity contribution in [2.45, 2.75) is 26.9 Å². The molecule has 0 heterocycles. The third-order valence-electron chi connectivity index (χ3n) is 3.95. The lowest BCUT2D eigenvalue weighted by Crippen LogP contribution is -2.26. The number of carbonyl (C=O) groups excluding carboxylic acids is 1. The Hall–Kier alpha value is -1.84. The summed E-state index contributed by atoms with van der Waals surface area (Å²) in [5.74, 6) is -0.0840. The highest BCUT2D eigenvalue weighted by atomic mass is 35.5. The highest BCUT2D eigenvalue weighted by Gasteiger charge is 2.09. The molecular formula is C19H23ClN2O. The standard InChI is InChI=1S/C19H23ClN2O/c1-3-22(4-2)14-17-8-6-5-7-16(17)13-21-19(23)15-9-11-18(20)12-10-15/h5-12H,3-4,13-14H2,1-2H3,(H,21,23). The lowest BCUT2D eigenvalue weighted by molar-refractivity contribution is 0.0950. The summed E-state index contributed by atoms with van der Waals surface area (Å²) in [6.45, 7) is 7.78. The van der Waals surface area contributed by atoms with Crippen LogP contribution in [0.1, 0.15) is 35.3 Å². The number of benzene rings is 2. The summed E-state index contributed by atoms with van der Waals surface area (Å²) in [6, 6.07) is 15.2. The van der Waals surface area contributed by atoms with Crippen LogP contribution in [0.5, 0.6) is 0 Å². The molecule has 0 radical (unpaired) electrons. The second-order valence-electron chi connectivity index (χ2n) is 5.42. The zero-order chi connectivity index (χ0) is 16.7. The molecule has 0 bridgehead atoms. The minimum Gasteiger partial charge on any atom is -0.348 e. The average Bonchev–Trinajstić information content (AvgIpc) is 2.59. The molecule has 0 atom stereocenters. The van der Waals surface area contributed by atoms with Crippen LogP contribution in [0.3, 0.4) is 0 Å². The van der Waals surface area contributed by atoms with Gasteiger partial charge in [0.05, 0.1) is 0 Å². The predicted molar refractivity (Wildman–Crippen MR) is 95.7 cm³/mol.